The Balaban J connectivity index is 1.71. The number of hydrogen-bond donors (Lipinski definition) is 1. The molecule has 0 atom stereocenters. The molecule has 1 N–H and O–H groups in total. The van der Waals surface area contributed by atoms with E-state index >= 15 is 0 Å². The van der Waals surface area contributed by atoms with Crippen molar-refractivity contribution in [1.29, 1.82) is 0 Å². The number of carbonyl (C=O) groups excluding carboxylic acids is 1. The van der Waals surface area contributed by atoms with Crippen molar-refractivity contribution < 1.29 is 9.53 Å². The average Bonchev–Trinajstić information content (AvgIpc) is 2.88. The normalized spacial score (nSPS) is 15.0. The molecule has 0 bridgehead atoms. The molecule has 4 nitrogen and oxygen atoms in total. The fourth-order valence-electron chi connectivity index (χ4n) is 2.59. The number of benzene rings is 2. The van der Waals surface area contributed by atoms with E-state index in [0.717, 1.165) is 32.6 Å². The topological polar surface area (TPSA) is 41.6 Å². The van der Waals surface area contributed by atoms with Gasteiger partial charge in [-0.15, -0.1) is 0 Å². The predicted molar refractivity (Wildman–Crippen MR) is 96.4 cm³/mol. The lowest BCUT2D eigenvalue weighted by atomic mass is 10.2. The highest BCUT2D eigenvalue weighted by Crippen LogP contribution is 2.34. The molecule has 1 amide bonds. The Hall–Kier alpha value is -1.75. The van der Waals surface area contributed by atoms with E-state index in [-0.39, 0.29) is 5.91 Å². The summed E-state index contributed by atoms with van der Waals surface area (Å²) in [5.74, 6) is 1.14. The zero-order valence-corrected chi connectivity index (χ0v) is 14.6. The first-order valence-corrected chi connectivity index (χ1v) is 8.62. The third-order valence-electron chi connectivity index (χ3n) is 3.87. The lowest BCUT2D eigenvalue weighted by Gasteiger charge is -2.20. The molecular weight excluding hydrogens is 347 g/mol. The van der Waals surface area contributed by atoms with Gasteiger partial charge in [-0.2, -0.15) is 0 Å². The van der Waals surface area contributed by atoms with Gasteiger partial charge in [0.2, 0.25) is 0 Å². The molecule has 0 saturated carbocycles. The van der Waals surface area contributed by atoms with Gasteiger partial charge < -0.3 is 15.0 Å². The summed E-state index contributed by atoms with van der Waals surface area (Å²) in [5.41, 5.74) is 0.654. The van der Waals surface area contributed by atoms with E-state index in [0.29, 0.717) is 27.1 Å². The molecule has 1 saturated heterocycles. The zero-order chi connectivity index (χ0) is 16.9. The molecule has 2 aromatic carbocycles. The first-order valence-electron chi connectivity index (χ1n) is 7.87. The van der Waals surface area contributed by atoms with Crippen LogP contribution in [0.2, 0.25) is 10.0 Å². The van der Waals surface area contributed by atoms with Crippen molar-refractivity contribution in [2.24, 2.45) is 0 Å². The van der Waals surface area contributed by atoms with Gasteiger partial charge in [0.05, 0.1) is 5.02 Å². The van der Waals surface area contributed by atoms with Crippen LogP contribution < -0.4 is 10.1 Å². The van der Waals surface area contributed by atoms with Gasteiger partial charge in [-0.3, -0.25) is 4.79 Å². The van der Waals surface area contributed by atoms with Crippen molar-refractivity contribution >= 4 is 29.1 Å². The monoisotopic (exact) mass is 364 g/mol. The molecular formula is C18H18Cl2N2O2. The number of amides is 1. The summed E-state index contributed by atoms with van der Waals surface area (Å²) in [5, 5.41) is 4.10. The highest BCUT2D eigenvalue weighted by molar-refractivity contribution is 6.42. The number of halogens is 2. The van der Waals surface area contributed by atoms with E-state index in [1.165, 1.54) is 0 Å². The summed E-state index contributed by atoms with van der Waals surface area (Å²) in [7, 11) is 0. The smallest absolute Gasteiger partial charge is 0.253 e. The first kappa shape index (κ1) is 17.1. The van der Waals surface area contributed by atoms with Crippen molar-refractivity contribution in [3.63, 3.8) is 0 Å². The van der Waals surface area contributed by atoms with Crippen LogP contribution in [0.1, 0.15) is 16.8 Å². The standard InChI is InChI=1S/C18H18Cl2N2O2/c19-15-3-1-4-16(17(15)20)24-14-7-5-13(6-8-14)18(23)22-11-2-9-21-10-12-22/h1,3-8,21H,2,9-12H2. The number of hydrogen-bond acceptors (Lipinski definition) is 3. The molecule has 24 heavy (non-hydrogen) atoms. The molecule has 0 spiro atoms. The van der Waals surface area contributed by atoms with Crippen LogP contribution in [0.3, 0.4) is 0 Å². The second kappa shape index (κ2) is 7.88. The van der Waals surface area contributed by atoms with Gasteiger partial charge >= 0.3 is 0 Å². The molecule has 6 heteroatoms. The van der Waals surface area contributed by atoms with E-state index < -0.39 is 0 Å². The summed E-state index contributed by atoms with van der Waals surface area (Å²) in [6, 6.07) is 12.3. The SMILES string of the molecule is O=C(c1ccc(Oc2cccc(Cl)c2Cl)cc1)N1CCCNCC1. The van der Waals surface area contributed by atoms with Crippen LogP contribution in [0, 0.1) is 0 Å². The molecule has 3 rings (SSSR count). The van der Waals surface area contributed by atoms with E-state index in [1.54, 1.807) is 42.5 Å². The Kier molecular flexibility index (Phi) is 5.61. The maximum atomic E-state index is 12.5. The number of nitrogens with zero attached hydrogens (tertiary/aromatic N) is 1. The molecule has 0 aromatic heterocycles. The quantitative estimate of drug-likeness (QED) is 0.886. The van der Waals surface area contributed by atoms with Gasteiger partial charge in [-0.05, 0) is 49.4 Å². The molecule has 1 aliphatic heterocycles. The van der Waals surface area contributed by atoms with Crippen molar-refractivity contribution in [3.05, 3.63) is 58.1 Å². The third-order valence-corrected chi connectivity index (χ3v) is 4.67. The summed E-state index contributed by atoms with van der Waals surface area (Å²) in [6.07, 6.45) is 0.972. The molecule has 2 aromatic rings. The third kappa shape index (κ3) is 4.01. The minimum atomic E-state index is 0.0473. The van der Waals surface area contributed by atoms with E-state index in [2.05, 4.69) is 5.32 Å². The van der Waals surface area contributed by atoms with E-state index in [4.69, 9.17) is 27.9 Å². The highest BCUT2D eigenvalue weighted by atomic mass is 35.5. The molecule has 1 aliphatic rings. The summed E-state index contributed by atoms with van der Waals surface area (Å²) in [6.45, 7) is 3.30. The van der Waals surface area contributed by atoms with Gasteiger partial charge in [0.15, 0.2) is 0 Å². The fourth-order valence-corrected chi connectivity index (χ4v) is 2.92. The minimum Gasteiger partial charge on any atom is -0.456 e. The molecule has 126 valence electrons. The average molecular weight is 365 g/mol. The first-order chi connectivity index (χ1) is 11.6. The van der Waals surface area contributed by atoms with Crippen LogP contribution in [0.25, 0.3) is 0 Å². The lowest BCUT2D eigenvalue weighted by Crippen LogP contribution is -2.34. The summed E-state index contributed by atoms with van der Waals surface area (Å²) in [4.78, 5) is 14.4. The minimum absolute atomic E-state index is 0.0473. The Morgan fingerprint density at radius 1 is 1.04 bits per heavy atom. The van der Waals surface area contributed by atoms with Gasteiger partial charge in [-0.1, -0.05) is 29.3 Å². The highest BCUT2D eigenvalue weighted by Gasteiger charge is 2.17. The van der Waals surface area contributed by atoms with Gasteiger partial charge in [0.1, 0.15) is 16.5 Å². The van der Waals surface area contributed by atoms with Crippen molar-refractivity contribution in [2.75, 3.05) is 26.2 Å². The lowest BCUT2D eigenvalue weighted by molar-refractivity contribution is 0.0766. The number of rotatable bonds is 3. The Morgan fingerprint density at radius 3 is 2.62 bits per heavy atom. The molecule has 1 fully saturated rings. The van der Waals surface area contributed by atoms with Gasteiger partial charge in [0, 0.05) is 25.2 Å². The molecule has 0 radical (unpaired) electrons. The zero-order valence-electron chi connectivity index (χ0n) is 13.1. The Bertz CT molecular complexity index is 711. The van der Waals surface area contributed by atoms with Crippen molar-refractivity contribution in [2.45, 2.75) is 6.42 Å². The number of ether oxygens (including phenoxy) is 1. The van der Waals surface area contributed by atoms with Gasteiger partial charge in [-0.25, -0.2) is 0 Å². The van der Waals surface area contributed by atoms with Gasteiger partial charge in [0.25, 0.3) is 5.91 Å². The van der Waals surface area contributed by atoms with E-state index in [9.17, 15) is 4.79 Å². The second-order valence-electron chi connectivity index (χ2n) is 5.57. The Labute approximate surface area is 151 Å². The van der Waals surface area contributed by atoms with Crippen molar-refractivity contribution in [1.82, 2.24) is 10.2 Å². The van der Waals surface area contributed by atoms with Crippen LogP contribution in [0.5, 0.6) is 11.5 Å². The summed E-state index contributed by atoms with van der Waals surface area (Å²) >= 11 is 12.1. The van der Waals surface area contributed by atoms with Crippen LogP contribution in [0.4, 0.5) is 0 Å². The van der Waals surface area contributed by atoms with Crippen LogP contribution in [0.15, 0.2) is 42.5 Å². The molecule has 0 unspecified atom stereocenters. The van der Waals surface area contributed by atoms with Crippen LogP contribution >= 0.6 is 23.2 Å². The number of nitrogens with one attached hydrogen (secondary N) is 1. The van der Waals surface area contributed by atoms with Crippen molar-refractivity contribution in [3.8, 4) is 11.5 Å². The van der Waals surface area contributed by atoms with E-state index in [1.807, 2.05) is 4.90 Å². The second-order valence-corrected chi connectivity index (χ2v) is 6.36. The molecule has 1 heterocycles. The Morgan fingerprint density at radius 2 is 1.83 bits per heavy atom. The van der Waals surface area contributed by atoms with Crippen LogP contribution in [-0.2, 0) is 0 Å². The predicted octanol–water partition coefficient (Wildman–Crippen LogP) is 4.22. The largest absolute Gasteiger partial charge is 0.456 e. The fraction of sp³-hybridized carbons (Fsp3) is 0.278. The number of carbonyl (C=O) groups is 1. The summed E-state index contributed by atoms with van der Waals surface area (Å²) < 4.78 is 5.74. The van der Waals surface area contributed by atoms with Crippen LogP contribution in [-0.4, -0.2) is 37.0 Å². The molecule has 0 aliphatic carbocycles. The maximum Gasteiger partial charge on any atom is 0.253 e. The maximum absolute atomic E-state index is 12.5.